The fourth-order valence-electron chi connectivity index (χ4n) is 5.89. The lowest BCUT2D eigenvalue weighted by Crippen LogP contribution is -2.33. The standard InChI is InChI=1S/C28H30N4O4/c1-17-16-28(17,26-29-27(34)36-30-26)32-23-10-9-19(20-11-12-35-18(2)13-20)14-21(23)15-24(32)25(33)31(3)22-7-5-4-6-8-22/h4-10,14-15,17-18,20H,11-13,16H2,1-3H3,(H,29,30,34)/t17-,18-,20-,28-/m0/s1. The third-order valence-electron chi connectivity index (χ3n) is 7.97. The van der Waals surface area contributed by atoms with Crippen LogP contribution in [0.15, 0.2) is 63.9 Å². The number of anilines is 1. The van der Waals surface area contributed by atoms with E-state index in [1.54, 1.807) is 11.9 Å². The van der Waals surface area contributed by atoms with Gasteiger partial charge in [0.25, 0.3) is 5.91 Å². The van der Waals surface area contributed by atoms with Gasteiger partial charge in [-0.05, 0) is 73.9 Å². The van der Waals surface area contributed by atoms with Crippen molar-refractivity contribution in [3.63, 3.8) is 0 Å². The molecule has 0 unspecified atom stereocenters. The number of hydrogen-bond donors (Lipinski definition) is 1. The average molecular weight is 487 g/mol. The molecule has 0 radical (unpaired) electrons. The minimum absolute atomic E-state index is 0.122. The molecule has 1 aliphatic carbocycles. The lowest BCUT2D eigenvalue weighted by Gasteiger charge is -2.27. The van der Waals surface area contributed by atoms with Crippen LogP contribution >= 0.6 is 0 Å². The highest BCUT2D eigenvalue weighted by Gasteiger charge is 2.59. The van der Waals surface area contributed by atoms with Crippen molar-refractivity contribution in [2.75, 3.05) is 18.6 Å². The zero-order valence-corrected chi connectivity index (χ0v) is 20.7. The number of H-pyrrole nitrogens is 1. The SMILES string of the molecule is C[C@H]1C[C@@H](c2ccc3c(c2)cc(C(=O)N(C)c2ccccc2)n3[C@@]2(c3noc(=O)[nH]3)C[C@@H]2C)CCO1. The molecule has 4 aromatic rings. The summed E-state index contributed by atoms with van der Waals surface area (Å²) in [6.07, 6.45) is 2.95. The molecule has 2 aromatic heterocycles. The number of benzene rings is 2. The third-order valence-corrected chi connectivity index (χ3v) is 7.97. The molecule has 0 bridgehead atoms. The van der Waals surface area contributed by atoms with Gasteiger partial charge in [0.1, 0.15) is 11.2 Å². The molecular formula is C28H30N4O4. The van der Waals surface area contributed by atoms with Crippen LogP contribution in [0.3, 0.4) is 0 Å². The fourth-order valence-corrected chi connectivity index (χ4v) is 5.89. The van der Waals surface area contributed by atoms with Crippen LogP contribution in [0.4, 0.5) is 5.69 Å². The number of nitrogens with zero attached hydrogens (tertiary/aromatic N) is 3. The largest absolute Gasteiger partial charge is 0.438 e. The van der Waals surface area contributed by atoms with Crippen LogP contribution in [-0.2, 0) is 10.3 Å². The maximum Gasteiger partial charge on any atom is 0.438 e. The van der Waals surface area contributed by atoms with E-state index in [2.05, 4.69) is 46.8 Å². The highest BCUT2D eigenvalue weighted by Crippen LogP contribution is 2.56. The van der Waals surface area contributed by atoms with Crippen LogP contribution in [0, 0.1) is 5.92 Å². The summed E-state index contributed by atoms with van der Waals surface area (Å²) in [6, 6.07) is 18.1. The van der Waals surface area contributed by atoms with Gasteiger partial charge >= 0.3 is 5.76 Å². The molecule has 1 saturated heterocycles. The molecule has 0 spiro atoms. The van der Waals surface area contributed by atoms with Crippen molar-refractivity contribution in [1.82, 2.24) is 14.7 Å². The maximum absolute atomic E-state index is 14.0. The van der Waals surface area contributed by atoms with Crippen LogP contribution < -0.4 is 10.7 Å². The van der Waals surface area contributed by atoms with Gasteiger partial charge in [-0.3, -0.25) is 14.3 Å². The molecular weight excluding hydrogens is 456 g/mol. The van der Waals surface area contributed by atoms with Gasteiger partial charge in [0.05, 0.1) is 6.10 Å². The molecule has 1 N–H and O–H groups in total. The normalized spacial score (nSPS) is 25.7. The van der Waals surface area contributed by atoms with Crippen molar-refractivity contribution in [3.8, 4) is 0 Å². The molecule has 2 fully saturated rings. The Hall–Kier alpha value is -3.65. The molecule has 36 heavy (non-hydrogen) atoms. The number of aromatic nitrogens is 3. The van der Waals surface area contributed by atoms with Gasteiger partial charge in [0, 0.05) is 30.2 Å². The second-order valence-corrected chi connectivity index (χ2v) is 10.3. The highest BCUT2D eigenvalue weighted by atomic mass is 16.5. The summed E-state index contributed by atoms with van der Waals surface area (Å²) < 4.78 is 12.7. The summed E-state index contributed by atoms with van der Waals surface area (Å²) in [6.45, 7) is 4.98. The van der Waals surface area contributed by atoms with Crippen LogP contribution in [0.5, 0.6) is 0 Å². The summed E-state index contributed by atoms with van der Waals surface area (Å²) in [4.78, 5) is 30.3. The van der Waals surface area contributed by atoms with Crippen molar-refractivity contribution < 1.29 is 14.1 Å². The lowest BCUT2D eigenvalue weighted by atomic mass is 9.88. The van der Waals surface area contributed by atoms with E-state index in [4.69, 9.17) is 9.26 Å². The van der Waals surface area contributed by atoms with Crippen LogP contribution in [0.25, 0.3) is 10.9 Å². The van der Waals surface area contributed by atoms with Gasteiger partial charge in [0.2, 0.25) is 0 Å². The number of fused-ring (bicyclic) bond motifs is 1. The Kier molecular flexibility index (Phi) is 5.37. The molecule has 1 amide bonds. The average Bonchev–Trinajstić information content (AvgIpc) is 3.20. The molecule has 186 valence electrons. The van der Waals surface area contributed by atoms with Crippen LogP contribution in [0.1, 0.15) is 60.9 Å². The smallest absolute Gasteiger partial charge is 0.378 e. The number of carbonyl (C=O) groups is 1. The van der Waals surface area contributed by atoms with Crippen molar-refractivity contribution in [2.45, 2.75) is 50.7 Å². The van der Waals surface area contributed by atoms with Crippen molar-refractivity contribution in [1.29, 1.82) is 0 Å². The summed E-state index contributed by atoms with van der Waals surface area (Å²) in [5, 5.41) is 5.06. The zero-order chi connectivity index (χ0) is 25.0. The van der Waals surface area contributed by atoms with Gasteiger partial charge < -0.3 is 14.2 Å². The Balaban J connectivity index is 1.51. The predicted molar refractivity (Wildman–Crippen MR) is 136 cm³/mol. The number of ether oxygens (including phenoxy) is 1. The van der Waals surface area contributed by atoms with Crippen molar-refractivity contribution in [3.05, 3.63) is 82.2 Å². The summed E-state index contributed by atoms with van der Waals surface area (Å²) >= 11 is 0. The summed E-state index contributed by atoms with van der Waals surface area (Å²) in [7, 11) is 1.79. The molecule has 2 aromatic carbocycles. The second kappa shape index (κ2) is 8.48. The summed E-state index contributed by atoms with van der Waals surface area (Å²) in [5.74, 6) is 0.330. The molecule has 1 saturated carbocycles. The van der Waals surface area contributed by atoms with E-state index in [0.29, 0.717) is 17.4 Å². The number of carbonyl (C=O) groups excluding carboxylic acids is 1. The van der Waals surface area contributed by atoms with Crippen molar-refractivity contribution >= 4 is 22.5 Å². The lowest BCUT2D eigenvalue weighted by molar-refractivity contribution is 0.0186. The minimum atomic E-state index is -0.648. The van der Waals surface area contributed by atoms with E-state index < -0.39 is 11.3 Å². The Morgan fingerprint density at radius 1 is 1.17 bits per heavy atom. The first-order valence-corrected chi connectivity index (χ1v) is 12.6. The summed E-state index contributed by atoms with van der Waals surface area (Å²) in [5.41, 5.74) is 2.92. The topological polar surface area (TPSA) is 93.4 Å². The monoisotopic (exact) mass is 486 g/mol. The van der Waals surface area contributed by atoms with Crippen LogP contribution in [0.2, 0.25) is 0 Å². The zero-order valence-electron chi connectivity index (χ0n) is 20.7. The number of para-hydroxylation sites is 1. The fraction of sp³-hybridized carbons (Fsp3) is 0.393. The predicted octanol–water partition coefficient (Wildman–Crippen LogP) is 4.66. The third kappa shape index (κ3) is 3.59. The molecule has 8 heteroatoms. The van der Waals surface area contributed by atoms with E-state index in [9.17, 15) is 9.59 Å². The number of rotatable bonds is 5. The van der Waals surface area contributed by atoms with E-state index in [0.717, 1.165) is 42.5 Å². The van der Waals surface area contributed by atoms with Gasteiger partial charge in [-0.2, -0.15) is 0 Å². The first kappa shape index (κ1) is 22.8. The molecule has 4 atom stereocenters. The maximum atomic E-state index is 14.0. The molecule has 2 aliphatic rings. The molecule has 3 heterocycles. The van der Waals surface area contributed by atoms with E-state index >= 15 is 0 Å². The van der Waals surface area contributed by atoms with Gasteiger partial charge in [-0.15, -0.1) is 0 Å². The Morgan fingerprint density at radius 3 is 2.61 bits per heavy atom. The Morgan fingerprint density at radius 2 is 1.94 bits per heavy atom. The highest BCUT2D eigenvalue weighted by molar-refractivity contribution is 6.08. The first-order valence-electron chi connectivity index (χ1n) is 12.6. The quantitative estimate of drug-likeness (QED) is 0.443. The Bertz CT molecular complexity index is 1490. The van der Waals surface area contributed by atoms with Crippen LogP contribution in [-0.4, -0.2) is 40.4 Å². The van der Waals surface area contributed by atoms with E-state index in [1.165, 1.54) is 5.56 Å². The van der Waals surface area contributed by atoms with Crippen molar-refractivity contribution in [2.24, 2.45) is 5.92 Å². The number of amides is 1. The van der Waals surface area contributed by atoms with Gasteiger partial charge in [0.15, 0.2) is 5.82 Å². The molecule has 1 aliphatic heterocycles. The number of aromatic amines is 1. The minimum Gasteiger partial charge on any atom is -0.378 e. The van der Waals surface area contributed by atoms with E-state index in [-0.39, 0.29) is 17.9 Å². The number of nitrogens with one attached hydrogen (secondary N) is 1. The Labute approximate surface area is 208 Å². The molecule has 6 rings (SSSR count). The van der Waals surface area contributed by atoms with Gasteiger partial charge in [-0.1, -0.05) is 36.3 Å². The molecule has 8 nitrogen and oxygen atoms in total. The number of hydrogen-bond acceptors (Lipinski definition) is 5. The van der Waals surface area contributed by atoms with Gasteiger partial charge in [-0.25, -0.2) is 4.79 Å². The second-order valence-electron chi connectivity index (χ2n) is 10.3. The van der Waals surface area contributed by atoms with E-state index in [1.807, 2.05) is 36.4 Å². The first-order chi connectivity index (χ1) is 17.4.